The highest BCUT2D eigenvalue weighted by atomic mass is 16.5. The first kappa shape index (κ1) is 20.5. The Hall–Kier alpha value is -2.84. The number of amides is 2. The molecule has 142 valence electrons. The van der Waals surface area contributed by atoms with Gasteiger partial charge in [-0.15, -0.1) is 0 Å². The molecule has 2 amide bonds. The number of benzene rings is 1. The molecule has 0 aromatic heterocycles. The molecule has 0 unspecified atom stereocenters. The summed E-state index contributed by atoms with van der Waals surface area (Å²) in [5.74, 6) is 11.0. The molecule has 0 aliphatic carbocycles. The summed E-state index contributed by atoms with van der Waals surface area (Å²) < 4.78 is 0. The fourth-order valence-corrected chi connectivity index (χ4v) is 2.41. The molecule has 0 saturated carbocycles. The van der Waals surface area contributed by atoms with Gasteiger partial charge in [-0.1, -0.05) is 11.8 Å². The highest BCUT2D eigenvalue weighted by Crippen LogP contribution is 2.09. The minimum Gasteiger partial charge on any atom is -0.338 e. The molecule has 2 rings (SSSR count). The predicted molar refractivity (Wildman–Crippen MR) is 102 cm³/mol. The molecule has 1 atom stereocenters. The van der Waals surface area contributed by atoms with Crippen molar-refractivity contribution < 1.29 is 14.8 Å². The Morgan fingerprint density at radius 1 is 1.30 bits per heavy atom. The third kappa shape index (κ3) is 6.12. The summed E-state index contributed by atoms with van der Waals surface area (Å²) in [6.07, 6.45) is 0.848. The summed E-state index contributed by atoms with van der Waals surface area (Å²) in [6.45, 7) is 5.20. The smallest absolute Gasteiger partial charge is 0.267 e. The van der Waals surface area contributed by atoms with E-state index in [1.165, 1.54) is 5.48 Å². The van der Waals surface area contributed by atoms with Gasteiger partial charge in [0.15, 0.2) is 0 Å². The average molecular weight is 368 g/mol. The first-order chi connectivity index (χ1) is 12.8. The second-order valence-corrected chi connectivity index (χ2v) is 7.06. The van der Waals surface area contributed by atoms with Crippen molar-refractivity contribution >= 4 is 11.8 Å². The van der Waals surface area contributed by atoms with Crippen LogP contribution in [0, 0.1) is 29.6 Å². The summed E-state index contributed by atoms with van der Waals surface area (Å²) in [7, 11) is 0. The van der Waals surface area contributed by atoms with Crippen LogP contribution in [0.3, 0.4) is 0 Å². The van der Waals surface area contributed by atoms with E-state index < -0.39 is 23.4 Å². The van der Waals surface area contributed by atoms with Gasteiger partial charge in [-0.25, -0.2) is 5.48 Å². The average Bonchev–Trinajstić information content (AvgIpc) is 2.59. The molecule has 0 bridgehead atoms. The van der Waals surface area contributed by atoms with Gasteiger partial charge < -0.3 is 16.4 Å². The van der Waals surface area contributed by atoms with Gasteiger partial charge in [-0.2, -0.15) is 0 Å². The van der Waals surface area contributed by atoms with Crippen molar-refractivity contribution in [3.8, 4) is 23.7 Å². The van der Waals surface area contributed by atoms with Gasteiger partial charge in [0.05, 0.1) is 0 Å². The molecule has 1 aromatic rings. The van der Waals surface area contributed by atoms with Crippen LogP contribution in [0.1, 0.15) is 36.2 Å². The van der Waals surface area contributed by atoms with E-state index in [2.05, 4.69) is 34.3 Å². The molecule has 0 radical (unpaired) electrons. The van der Waals surface area contributed by atoms with Gasteiger partial charge >= 0.3 is 0 Å². The molecule has 1 saturated heterocycles. The Morgan fingerprint density at radius 3 is 2.48 bits per heavy atom. The van der Waals surface area contributed by atoms with E-state index in [4.69, 9.17) is 10.9 Å². The van der Waals surface area contributed by atoms with Crippen molar-refractivity contribution in [2.45, 2.75) is 31.8 Å². The van der Waals surface area contributed by atoms with Gasteiger partial charge in [0.2, 0.25) is 0 Å². The first-order valence-corrected chi connectivity index (χ1v) is 8.64. The maximum Gasteiger partial charge on any atom is 0.267 e. The predicted octanol–water partition coefficient (Wildman–Crippen LogP) is -0.00790. The molecule has 1 aliphatic rings. The summed E-state index contributed by atoms with van der Waals surface area (Å²) in [4.78, 5) is 24.1. The Balaban J connectivity index is 1.97. The number of hydrogen-bond donors (Lipinski definition) is 5. The van der Waals surface area contributed by atoms with Crippen molar-refractivity contribution in [1.82, 2.24) is 16.1 Å². The number of hydroxylamine groups is 1. The summed E-state index contributed by atoms with van der Waals surface area (Å²) in [5, 5.41) is 14.5. The SMILES string of the molecule is CC(C)(N)[C@H](NC(=O)c1ccc(C#CC#CCC2CNC2)cc1)C(=O)NO. The lowest BCUT2D eigenvalue weighted by Crippen LogP contribution is -2.61. The topological polar surface area (TPSA) is 116 Å². The van der Waals surface area contributed by atoms with Crippen molar-refractivity contribution in [3.63, 3.8) is 0 Å². The Labute approximate surface area is 159 Å². The van der Waals surface area contributed by atoms with Crippen LogP contribution < -0.4 is 21.8 Å². The molecule has 7 nitrogen and oxygen atoms in total. The van der Waals surface area contributed by atoms with Gasteiger partial charge in [0.25, 0.3) is 11.8 Å². The number of hydrogen-bond acceptors (Lipinski definition) is 5. The third-order valence-electron chi connectivity index (χ3n) is 4.15. The Morgan fingerprint density at radius 2 is 1.96 bits per heavy atom. The van der Waals surface area contributed by atoms with Gasteiger partial charge in [-0.3, -0.25) is 14.8 Å². The molecular formula is C20H24N4O3. The van der Waals surface area contributed by atoms with Crippen LogP contribution in [0.5, 0.6) is 0 Å². The fourth-order valence-electron chi connectivity index (χ4n) is 2.41. The standard InChI is InChI=1S/C20H24N4O3/c1-20(2,21)17(19(26)24-27)23-18(25)16-10-8-14(9-11-16)6-4-3-5-7-15-12-22-13-15/h8-11,15,17,22,27H,7,12-13,21H2,1-2H3,(H,23,25)(H,24,26)/t17-/m1/s1. The number of carbonyl (C=O) groups is 2. The zero-order valence-corrected chi connectivity index (χ0v) is 15.4. The number of carbonyl (C=O) groups excluding carboxylic acids is 2. The highest BCUT2D eigenvalue weighted by Gasteiger charge is 2.33. The molecule has 7 heteroatoms. The molecule has 6 N–H and O–H groups in total. The summed E-state index contributed by atoms with van der Waals surface area (Å²) >= 11 is 0. The van der Waals surface area contributed by atoms with Gasteiger partial charge in [-0.05, 0) is 55.9 Å². The lowest BCUT2D eigenvalue weighted by molar-refractivity contribution is -0.132. The maximum absolute atomic E-state index is 12.3. The van der Waals surface area contributed by atoms with Crippen molar-refractivity contribution in [2.24, 2.45) is 11.7 Å². The fraction of sp³-hybridized carbons (Fsp3) is 0.400. The number of nitrogens with one attached hydrogen (secondary N) is 3. The zero-order chi connectivity index (χ0) is 19.9. The first-order valence-electron chi connectivity index (χ1n) is 8.64. The largest absolute Gasteiger partial charge is 0.338 e. The normalized spacial score (nSPS) is 14.5. The molecule has 0 spiro atoms. The second-order valence-electron chi connectivity index (χ2n) is 7.06. The van der Waals surface area contributed by atoms with E-state index in [0.29, 0.717) is 11.5 Å². The van der Waals surface area contributed by atoms with Crippen LogP contribution in [-0.4, -0.2) is 41.7 Å². The zero-order valence-electron chi connectivity index (χ0n) is 15.4. The monoisotopic (exact) mass is 368 g/mol. The van der Waals surface area contributed by atoms with Crippen LogP contribution in [-0.2, 0) is 4.79 Å². The van der Waals surface area contributed by atoms with Crippen molar-refractivity contribution in [3.05, 3.63) is 35.4 Å². The highest BCUT2D eigenvalue weighted by molar-refractivity contribution is 5.97. The van der Waals surface area contributed by atoms with Crippen molar-refractivity contribution in [1.29, 1.82) is 0 Å². The molecule has 1 aromatic carbocycles. The minimum atomic E-state index is -1.09. The van der Waals surface area contributed by atoms with E-state index in [-0.39, 0.29) is 0 Å². The summed E-state index contributed by atoms with van der Waals surface area (Å²) in [6, 6.07) is 5.52. The Kier molecular flexibility index (Phi) is 6.98. The van der Waals surface area contributed by atoms with Crippen LogP contribution in [0.15, 0.2) is 24.3 Å². The molecule has 1 aliphatic heterocycles. The molecule has 27 heavy (non-hydrogen) atoms. The lowest BCUT2D eigenvalue weighted by Gasteiger charge is -2.29. The van der Waals surface area contributed by atoms with Gasteiger partial charge in [0, 0.05) is 36.2 Å². The maximum atomic E-state index is 12.3. The number of nitrogens with two attached hydrogens (primary N) is 1. The summed E-state index contributed by atoms with van der Waals surface area (Å²) in [5.41, 5.74) is 7.44. The van der Waals surface area contributed by atoms with E-state index in [0.717, 1.165) is 25.1 Å². The second kappa shape index (κ2) is 9.20. The number of rotatable bonds is 5. The van der Waals surface area contributed by atoms with Crippen LogP contribution >= 0.6 is 0 Å². The molecule has 1 fully saturated rings. The molecule has 1 heterocycles. The van der Waals surface area contributed by atoms with E-state index >= 15 is 0 Å². The molecular weight excluding hydrogens is 344 g/mol. The minimum absolute atomic E-state index is 0.351. The van der Waals surface area contributed by atoms with E-state index in [1.54, 1.807) is 38.1 Å². The van der Waals surface area contributed by atoms with Crippen LogP contribution in [0.4, 0.5) is 0 Å². The third-order valence-corrected chi connectivity index (χ3v) is 4.15. The van der Waals surface area contributed by atoms with E-state index in [1.807, 2.05) is 0 Å². The van der Waals surface area contributed by atoms with Gasteiger partial charge in [0.1, 0.15) is 6.04 Å². The van der Waals surface area contributed by atoms with Crippen LogP contribution in [0.2, 0.25) is 0 Å². The lowest BCUT2D eigenvalue weighted by atomic mass is 9.95. The quantitative estimate of drug-likeness (QED) is 0.285. The van der Waals surface area contributed by atoms with Crippen LogP contribution in [0.25, 0.3) is 0 Å². The van der Waals surface area contributed by atoms with Crippen molar-refractivity contribution in [2.75, 3.05) is 13.1 Å². The van der Waals surface area contributed by atoms with E-state index in [9.17, 15) is 9.59 Å². The Bertz CT molecular complexity index is 800.